The average molecular weight is 375 g/mol. The van der Waals surface area contributed by atoms with E-state index < -0.39 is 0 Å². The Bertz CT molecular complexity index is 644. The van der Waals surface area contributed by atoms with Crippen LogP contribution in [0.2, 0.25) is 0 Å². The molecule has 3 heteroatoms. The summed E-state index contributed by atoms with van der Waals surface area (Å²) >= 11 is 4.38. The number of fused-ring (bicyclic) bond motifs is 5. The second-order valence-electron chi connectivity index (χ2n) is 9.01. The molecule has 1 unspecified atom stereocenters. The monoisotopic (exact) mass is 374 g/mol. The number of thioether (sulfide) groups is 2. The highest BCUT2D eigenvalue weighted by Gasteiger charge is 2.59. The van der Waals surface area contributed by atoms with Crippen molar-refractivity contribution in [2.45, 2.75) is 62.4 Å². The van der Waals surface area contributed by atoms with Crippen LogP contribution >= 0.6 is 23.5 Å². The van der Waals surface area contributed by atoms with Gasteiger partial charge in [0.15, 0.2) is 0 Å². The second-order valence-corrected chi connectivity index (χ2v) is 12.1. The highest BCUT2D eigenvalue weighted by Crippen LogP contribution is 2.65. The summed E-state index contributed by atoms with van der Waals surface area (Å²) in [4.78, 5) is 12.8. The molecular formula is C22H30OS2. The molecule has 0 aromatic rings. The van der Waals surface area contributed by atoms with E-state index in [1.54, 1.807) is 5.57 Å². The van der Waals surface area contributed by atoms with Crippen molar-refractivity contribution in [1.29, 1.82) is 0 Å². The van der Waals surface area contributed by atoms with Gasteiger partial charge in [-0.3, -0.25) is 4.79 Å². The minimum atomic E-state index is -0.0352. The van der Waals surface area contributed by atoms with Gasteiger partial charge in [0.2, 0.25) is 0 Å². The summed E-state index contributed by atoms with van der Waals surface area (Å²) in [7, 11) is 0. The Morgan fingerprint density at radius 1 is 1.20 bits per heavy atom. The van der Waals surface area contributed by atoms with Crippen molar-refractivity contribution >= 4 is 29.3 Å². The molecule has 1 aliphatic heterocycles. The van der Waals surface area contributed by atoms with E-state index in [1.165, 1.54) is 42.8 Å². The van der Waals surface area contributed by atoms with Crippen molar-refractivity contribution in [3.05, 3.63) is 23.8 Å². The van der Waals surface area contributed by atoms with E-state index in [9.17, 15) is 4.79 Å². The predicted octanol–water partition coefficient (Wildman–Crippen LogP) is 5.86. The Kier molecular flexibility index (Phi) is 4.02. The molecule has 5 aliphatic rings. The van der Waals surface area contributed by atoms with Crippen LogP contribution in [-0.2, 0) is 4.79 Å². The molecule has 1 nitrogen and oxygen atoms in total. The number of Topliss-reactive ketones (excluding diaryl/α,β-unsaturated/α-hetero) is 1. The summed E-state index contributed by atoms with van der Waals surface area (Å²) in [5.74, 6) is 5.99. The number of ketones is 1. The molecule has 0 N–H and O–H groups in total. The first-order chi connectivity index (χ1) is 12.1. The van der Waals surface area contributed by atoms with Crippen molar-refractivity contribution in [3.63, 3.8) is 0 Å². The zero-order valence-corrected chi connectivity index (χ0v) is 17.0. The molecule has 1 spiro atoms. The number of hydrogen-bond acceptors (Lipinski definition) is 3. The molecule has 1 heterocycles. The summed E-state index contributed by atoms with van der Waals surface area (Å²) < 4.78 is 0.408. The van der Waals surface area contributed by atoms with E-state index in [0.29, 0.717) is 21.7 Å². The third-order valence-electron chi connectivity index (χ3n) is 8.23. The predicted molar refractivity (Wildman–Crippen MR) is 109 cm³/mol. The first-order valence-corrected chi connectivity index (χ1v) is 12.3. The highest BCUT2D eigenvalue weighted by atomic mass is 32.2. The lowest BCUT2D eigenvalue weighted by Crippen LogP contribution is -2.49. The first-order valence-electron chi connectivity index (χ1n) is 10.3. The summed E-state index contributed by atoms with van der Waals surface area (Å²) in [5.41, 5.74) is 3.15. The lowest BCUT2D eigenvalue weighted by molar-refractivity contribution is -0.130. The van der Waals surface area contributed by atoms with Crippen molar-refractivity contribution in [2.24, 2.45) is 29.1 Å². The molecule has 0 aromatic heterocycles. The number of hydrogen-bond donors (Lipinski definition) is 0. The van der Waals surface area contributed by atoms with E-state index in [-0.39, 0.29) is 5.41 Å². The van der Waals surface area contributed by atoms with Crippen LogP contribution in [0.3, 0.4) is 0 Å². The smallest absolute Gasteiger partial charge is 0.139 e. The van der Waals surface area contributed by atoms with Crippen LogP contribution in [0.25, 0.3) is 0 Å². The van der Waals surface area contributed by atoms with Crippen molar-refractivity contribution in [2.75, 3.05) is 11.5 Å². The van der Waals surface area contributed by atoms with Gasteiger partial charge < -0.3 is 0 Å². The third-order valence-corrected chi connectivity index (χ3v) is 11.6. The number of allylic oxidation sites excluding steroid dienone is 2. The number of rotatable bonds is 1. The van der Waals surface area contributed by atoms with Crippen molar-refractivity contribution < 1.29 is 4.79 Å². The van der Waals surface area contributed by atoms with E-state index in [4.69, 9.17) is 0 Å². The zero-order chi connectivity index (χ0) is 17.2. The minimum absolute atomic E-state index is 0.0352. The summed E-state index contributed by atoms with van der Waals surface area (Å²) in [6.45, 7) is 6.82. The van der Waals surface area contributed by atoms with E-state index >= 15 is 0 Å². The second kappa shape index (κ2) is 5.92. The molecule has 0 amide bonds. The van der Waals surface area contributed by atoms with Crippen LogP contribution in [0.15, 0.2) is 23.8 Å². The van der Waals surface area contributed by atoms with Crippen LogP contribution < -0.4 is 0 Å². The van der Waals surface area contributed by atoms with Gasteiger partial charge in [-0.05, 0) is 68.6 Å². The number of carbonyl (C=O) groups excluding carboxylic acids is 1. The fraction of sp³-hybridized carbons (Fsp3) is 0.773. The fourth-order valence-corrected chi connectivity index (χ4v) is 10.4. The Labute approximate surface area is 160 Å². The normalized spacial score (nSPS) is 45.1. The van der Waals surface area contributed by atoms with Crippen LogP contribution in [0.5, 0.6) is 0 Å². The van der Waals surface area contributed by atoms with Gasteiger partial charge in [-0.15, -0.1) is 23.5 Å². The molecule has 1 saturated heterocycles. The lowest BCUT2D eigenvalue weighted by atomic mass is 9.50. The topological polar surface area (TPSA) is 17.1 Å². The Morgan fingerprint density at radius 3 is 2.76 bits per heavy atom. The van der Waals surface area contributed by atoms with Crippen LogP contribution in [-0.4, -0.2) is 21.4 Å². The fourth-order valence-electron chi connectivity index (χ4n) is 7.20. The summed E-state index contributed by atoms with van der Waals surface area (Å²) in [6, 6.07) is 0. The Balaban J connectivity index is 1.48. The quantitative estimate of drug-likeness (QED) is 0.535. The standard InChI is InChI=1S/C22H30OS2/c1-3-21-12-14(2)20-16-8-9-22(24-10-11-25-22)13-15(16)4-5-17(20)18(21)6-7-19(21)23/h13,16-18,20H,2-12H2,1H3/t16?,17-,18-,20+,21-/m0/s1. The largest absolute Gasteiger partial charge is 0.299 e. The molecule has 5 rings (SSSR count). The maximum Gasteiger partial charge on any atom is 0.139 e. The maximum absolute atomic E-state index is 12.8. The van der Waals surface area contributed by atoms with Crippen LogP contribution in [0.1, 0.15) is 58.3 Å². The lowest BCUT2D eigenvalue weighted by Gasteiger charge is -2.54. The molecule has 3 saturated carbocycles. The molecule has 4 fully saturated rings. The van der Waals surface area contributed by atoms with Gasteiger partial charge in [0, 0.05) is 23.3 Å². The average Bonchev–Trinajstić information content (AvgIpc) is 3.20. The van der Waals surface area contributed by atoms with E-state index in [2.05, 4.69) is 43.1 Å². The third kappa shape index (κ3) is 2.33. The first kappa shape index (κ1) is 17.0. The van der Waals surface area contributed by atoms with Gasteiger partial charge in [0.1, 0.15) is 5.78 Å². The Hall–Kier alpha value is -0.150. The summed E-state index contributed by atoms with van der Waals surface area (Å²) in [6.07, 6.45) is 12.0. The van der Waals surface area contributed by atoms with Crippen molar-refractivity contribution in [1.82, 2.24) is 0 Å². The zero-order valence-electron chi connectivity index (χ0n) is 15.4. The molecule has 5 atom stereocenters. The van der Waals surface area contributed by atoms with Gasteiger partial charge >= 0.3 is 0 Å². The molecule has 136 valence electrons. The van der Waals surface area contributed by atoms with Gasteiger partial charge in [-0.2, -0.15) is 0 Å². The summed E-state index contributed by atoms with van der Waals surface area (Å²) in [5, 5.41) is 0. The minimum Gasteiger partial charge on any atom is -0.299 e. The SMILES string of the molecule is C=C1C[C@]2(CC)C(=O)CC[C@H]2[C@@H]2CCC3=CC4(CCC3[C@@H]12)SCCS4. The molecule has 0 bridgehead atoms. The van der Waals surface area contributed by atoms with Crippen LogP contribution in [0, 0.1) is 29.1 Å². The Morgan fingerprint density at radius 2 is 2.00 bits per heavy atom. The highest BCUT2D eigenvalue weighted by molar-refractivity contribution is 8.21. The van der Waals surface area contributed by atoms with E-state index in [0.717, 1.165) is 37.5 Å². The maximum atomic E-state index is 12.8. The van der Waals surface area contributed by atoms with Gasteiger partial charge in [0.25, 0.3) is 0 Å². The van der Waals surface area contributed by atoms with Crippen molar-refractivity contribution in [3.8, 4) is 0 Å². The van der Waals surface area contributed by atoms with Gasteiger partial charge in [-0.25, -0.2) is 0 Å². The van der Waals surface area contributed by atoms with Gasteiger partial charge in [0.05, 0.1) is 4.08 Å². The van der Waals surface area contributed by atoms with E-state index in [1.807, 2.05) is 0 Å². The molecule has 0 radical (unpaired) electrons. The number of carbonyl (C=O) groups is 1. The molecule has 0 aromatic carbocycles. The molecule has 4 aliphatic carbocycles. The molecule has 25 heavy (non-hydrogen) atoms. The molecular weight excluding hydrogens is 344 g/mol. The van der Waals surface area contributed by atoms with Gasteiger partial charge in [-0.1, -0.05) is 30.7 Å². The van der Waals surface area contributed by atoms with Crippen LogP contribution in [0.4, 0.5) is 0 Å².